The van der Waals surface area contributed by atoms with Crippen molar-refractivity contribution in [3.05, 3.63) is 35.9 Å². The second kappa shape index (κ2) is 5.25. The van der Waals surface area contributed by atoms with Crippen LogP contribution in [-0.4, -0.2) is 25.9 Å². The number of rotatable bonds is 5. The molecule has 1 aromatic rings. The quantitative estimate of drug-likeness (QED) is 0.779. The number of benzene rings is 1. The van der Waals surface area contributed by atoms with Gasteiger partial charge in [0.25, 0.3) is 0 Å². The molecule has 1 unspecified atom stereocenters. The molecule has 0 aliphatic heterocycles. The van der Waals surface area contributed by atoms with Gasteiger partial charge in [0.2, 0.25) is 10.0 Å². The highest BCUT2D eigenvalue weighted by Crippen LogP contribution is 2.12. The molecule has 0 heterocycles. The number of nitrogens with one attached hydrogen (secondary N) is 1. The topological polar surface area (TPSA) is 66.4 Å². The summed E-state index contributed by atoms with van der Waals surface area (Å²) in [5, 5.41) is 9.11. The van der Waals surface area contributed by atoms with Crippen LogP contribution in [0.4, 0.5) is 0 Å². The van der Waals surface area contributed by atoms with E-state index >= 15 is 0 Å². The molecule has 0 aromatic heterocycles. The molecule has 2 N–H and O–H groups in total. The van der Waals surface area contributed by atoms with Crippen LogP contribution in [0.15, 0.2) is 30.3 Å². The molecule has 0 saturated heterocycles. The summed E-state index contributed by atoms with van der Waals surface area (Å²) in [6.07, 6.45) is 0. The van der Waals surface area contributed by atoms with Crippen molar-refractivity contribution < 1.29 is 13.5 Å². The lowest BCUT2D eigenvalue weighted by Gasteiger charge is -2.15. The molecular formula is C10H15NO3S. The Bertz CT molecular complexity index is 388. The molecule has 15 heavy (non-hydrogen) atoms. The molecule has 84 valence electrons. The highest BCUT2D eigenvalue weighted by Gasteiger charge is 2.16. The Kier molecular flexibility index (Phi) is 4.26. The SMILES string of the molecule is CCS(=O)(=O)NC(CO)c1ccccc1. The van der Waals surface area contributed by atoms with Gasteiger partial charge in [-0.2, -0.15) is 0 Å². The Labute approximate surface area is 90.0 Å². The van der Waals surface area contributed by atoms with E-state index in [-0.39, 0.29) is 12.4 Å². The zero-order valence-corrected chi connectivity index (χ0v) is 9.37. The first-order chi connectivity index (χ1) is 7.09. The van der Waals surface area contributed by atoms with E-state index in [2.05, 4.69) is 4.72 Å². The van der Waals surface area contributed by atoms with E-state index in [1.807, 2.05) is 6.07 Å². The minimum Gasteiger partial charge on any atom is -0.394 e. The first-order valence-corrected chi connectivity index (χ1v) is 6.40. The van der Waals surface area contributed by atoms with Crippen LogP contribution in [0.1, 0.15) is 18.5 Å². The first kappa shape index (κ1) is 12.2. The lowest BCUT2D eigenvalue weighted by molar-refractivity contribution is 0.259. The highest BCUT2D eigenvalue weighted by atomic mass is 32.2. The Morgan fingerprint density at radius 1 is 1.33 bits per heavy atom. The fraction of sp³-hybridized carbons (Fsp3) is 0.400. The second-order valence-corrected chi connectivity index (χ2v) is 5.21. The largest absolute Gasteiger partial charge is 0.394 e. The molecule has 0 spiro atoms. The van der Waals surface area contributed by atoms with Crippen LogP contribution >= 0.6 is 0 Å². The third-order valence-electron chi connectivity index (χ3n) is 2.09. The predicted octanol–water partition coefficient (Wildman–Crippen LogP) is 0.659. The van der Waals surface area contributed by atoms with E-state index < -0.39 is 16.1 Å². The minimum atomic E-state index is -3.29. The average Bonchev–Trinajstić information content (AvgIpc) is 2.27. The molecule has 0 amide bonds. The summed E-state index contributed by atoms with van der Waals surface area (Å²) in [4.78, 5) is 0. The third-order valence-corrected chi connectivity index (χ3v) is 3.49. The fourth-order valence-corrected chi connectivity index (χ4v) is 2.01. The maximum absolute atomic E-state index is 11.3. The average molecular weight is 229 g/mol. The molecule has 0 fully saturated rings. The van der Waals surface area contributed by atoms with Crippen LogP contribution < -0.4 is 4.72 Å². The van der Waals surface area contributed by atoms with Gasteiger partial charge in [0, 0.05) is 0 Å². The lowest BCUT2D eigenvalue weighted by Crippen LogP contribution is -2.31. The summed E-state index contributed by atoms with van der Waals surface area (Å²) in [5.41, 5.74) is 0.761. The van der Waals surface area contributed by atoms with E-state index in [0.717, 1.165) is 5.56 Å². The Balaban J connectivity index is 2.83. The van der Waals surface area contributed by atoms with Crippen LogP contribution in [0.2, 0.25) is 0 Å². The summed E-state index contributed by atoms with van der Waals surface area (Å²) < 4.78 is 25.1. The molecule has 0 aliphatic carbocycles. The molecule has 0 aliphatic rings. The van der Waals surface area contributed by atoms with E-state index in [1.165, 1.54) is 0 Å². The molecule has 1 aromatic carbocycles. The summed E-state index contributed by atoms with van der Waals surface area (Å²) >= 11 is 0. The maximum Gasteiger partial charge on any atom is 0.211 e. The van der Waals surface area contributed by atoms with Gasteiger partial charge < -0.3 is 5.11 Å². The molecule has 4 nitrogen and oxygen atoms in total. The normalized spacial score (nSPS) is 13.7. The van der Waals surface area contributed by atoms with Crippen molar-refractivity contribution in [2.75, 3.05) is 12.4 Å². The molecule has 0 bridgehead atoms. The number of hydrogen-bond acceptors (Lipinski definition) is 3. The van der Waals surface area contributed by atoms with E-state index in [0.29, 0.717) is 0 Å². The maximum atomic E-state index is 11.3. The zero-order valence-electron chi connectivity index (χ0n) is 8.55. The van der Waals surface area contributed by atoms with Gasteiger partial charge in [0.05, 0.1) is 18.4 Å². The third kappa shape index (κ3) is 3.62. The Morgan fingerprint density at radius 3 is 2.40 bits per heavy atom. The fourth-order valence-electron chi connectivity index (χ4n) is 1.20. The van der Waals surface area contributed by atoms with E-state index in [1.54, 1.807) is 31.2 Å². The minimum absolute atomic E-state index is 0.0103. The number of aliphatic hydroxyl groups is 1. The predicted molar refractivity (Wildman–Crippen MR) is 58.9 cm³/mol. The smallest absolute Gasteiger partial charge is 0.211 e. The lowest BCUT2D eigenvalue weighted by atomic mass is 10.1. The van der Waals surface area contributed by atoms with Crippen LogP contribution in [0.25, 0.3) is 0 Å². The van der Waals surface area contributed by atoms with Gasteiger partial charge in [-0.3, -0.25) is 0 Å². The first-order valence-electron chi connectivity index (χ1n) is 4.75. The molecule has 1 atom stereocenters. The monoisotopic (exact) mass is 229 g/mol. The van der Waals surface area contributed by atoms with E-state index in [4.69, 9.17) is 5.11 Å². The highest BCUT2D eigenvalue weighted by molar-refractivity contribution is 7.89. The van der Waals surface area contributed by atoms with Crippen molar-refractivity contribution in [1.29, 1.82) is 0 Å². The van der Waals surface area contributed by atoms with Crippen molar-refractivity contribution in [2.45, 2.75) is 13.0 Å². The van der Waals surface area contributed by atoms with Gasteiger partial charge in [0.1, 0.15) is 0 Å². The second-order valence-electron chi connectivity index (χ2n) is 3.17. The summed E-state index contributed by atoms with van der Waals surface area (Å²) in [7, 11) is -3.29. The van der Waals surface area contributed by atoms with Crippen LogP contribution in [0.5, 0.6) is 0 Å². The van der Waals surface area contributed by atoms with Gasteiger partial charge in [-0.15, -0.1) is 0 Å². The van der Waals surface area contributed by atoms with Crippen molar-refractivity contribution in [1.82, 2.24) is 4.72 Å². The summed E-state index contributed by atoms with van der Waals surface area (Å²) in [5.74, 6) is 0.0103. The van der Waals surface area contributed by atoms with Crippen molar-refractivity contribution >= 4 is 10.0 Å². The molecule has 5 heteroatoms. The molecule has 0 saturated carbocycles. The van der Waals surface area contributed by atoms with Crippen LogP contribution in [0.3, 0.4) is 0 Å². The van der Waals surface area contributed by atoms with Crippen molar-refractivity contribution in [3.8, 4) is 0 Å². The Hall–Kier alpha value is -0.910. The Morgan fingerprint density at radius 2 is 1.93 bits per heavy atom. The summed E-state index contributed by atoms with van der Waals surface area (Å²) in [6.45, 7) is 1.31. The van der Waals surface area contributed by atoms with Crippen molar-refractivity contribution in [3.63, 3.8) is 0 Å². The van der Waals surface area contributed by atoms with Gasteiger partial charge in [-0.1, -0.05) is 30.3 Å². The molecular weight excluding hydrogens is 214 g/mol. The van der Waals surface area contributed by atoms with Gasteiger partial charge in [-0.05, 0) is 12.5 Å². The van der Waals surface area contributed by atoms with Crippen LogP contribution in [-0.2, 0) is 10.0 Å². The van der Waals surface area contributed by atoms with Gasteiger partial charge in [0.15, 0.2) is 0 Å². The molecule has 0 radical (unpaired) electrons. The van der Waals surface area contributed by atoms with Crippen molar-refractivity contribution in [2.24, 2.45) is 0 Å². The van der Waals surface area contributed by atoms with Gasteiger partial charge >= 0.3 is 0 Å². The molecule has 1 rings (SSSR count). The zero-order chi connectivity index (χ0) is 11.3. The number of aliphatic hydroxyl groups excluding tert-OH is 1. The number of sulfonamides is 1. The summed E-state index contributed by atoms with van der Waals surface area (Å²) in [6, 6.07) is 8.44. The number of hydrogen-bond donors (Lipinski definition) is 2. The standard InChI is InChI=1S/C10H15NO3S/c1-2-15(13,14)11-10(8-12)9-6-4-3-5-7-9/h3-7,10-12H,2,8H2,1H3. The van der Waals surface area contributed by atoms with E-state index in [9.17, 15) is 8.42 Å². The van der Waals surface area contributed by atoms with Crippen LogP contribution in [0, 0.1) is 0 Å². The van der Waals surface area contributed by atoms with Gasteiger partial charge in [-0.25, -0.2) is 13.1 Å².